The van der Waals surface area contributed by atoms with Crippen LogP contribution in [-0.2, 0) is 9.53 Å². The summed E-state index contributed by atoms with van der Waals surface area (Å²) in [6, 6.07) is 8.26. The molecule has 4 heteroatoms. The molecule has 4 nitrogen and oxygen atoms in total. The molecule has 0 aliphatic carbocycles. The van der Waals surface area contributed by atoms with Crippen molar-refractivity contribution in [3.05, 3.63) is 35.4 Å². The molecule has 3 rings (SSSR count). The fraction of sp³-hybridized carbons (Fsp3) is 0.562. The van der Waals surface area contributed by atoms with Crippen LogP contribution in [0.5, 0.6) is 0 Å². The van der Waals surface area contributed by atoms with E-state index in [1.165, 1.54) is 5.56 Å². The number of benzene rings is 1. The van der Waals surface area contributed by atoms with Crippen molar-refractivity contribution in [3.8, 4) is 0 Å². The summed E-state index contributed by atoms with van der Waals surface area (Å²) in [7, 11) is 0. The maximum Gasteiger partial charge on any atom is 0.241 e. The van der Waals surface area contributed by atoms with Crippen molar-refractivity contribution < 1.29 is 9.53 Å². The lowest BCUT2D eigenvalue weighted by Gasteiger charge is -2.27. The third kappa shape index (κ3) is 2.58. The molecule has 0 aromatic heterocycles. The molecule has 1 aromatic rings. The SMILES string of the molecule is Cc1ccc(C2NC(C)C(=O)N2CC2CCCO2)cc1. The van der Waals surface area contributed by atoms with Gasteiger partial charge in [0, 0.05) is 13.2 Å². The Bertz CT molecular complexity index is 480. The van der Waals surface area contributed by atoms with E-state index in [2.05, 4.69) is 36.5 Å². The lowest BCUT2D eigenvalue weighted by molar-refractivity contribution is -0.131. The van der Waals surface area contributed by atoms with Crippen molar-refractivity contribution in [1.29, 1.82) is 0 Å². The number of rotatable bonds is 3. The Labute approximate surface area is 120 Å². The van der Waals surface area contributed by atoms with E-state index in [-0.39, 0.29) is 24.2 Å². The van der Waals surface area contributed by atoms with Crippen LogP contribution in [0.2, 0.25) is 0 Å². The summed E-state index contributed by atoms with van der Waals surface area (Å²) in [5.41, 5.74) is 2.38. The summed E-state index contributed by atoms with van der Waals surface area (Å²) in [5.74, 6) is 0.172. The van der Waals surface area contributed by atoms with Crippen LogP contribution in [0.25, 0.3) is 0 Å². The Morgan fingerprint density at radius 1 is 1.35 bits per heavy atom. The molecular formula is C16H22N2O2. The van der Waals surface area contributed by atoms with Crippen LogP contribution in [0.3, 0.4) is 0 Å². The van der Waals surface area contributed by atoms with Crippen LogP contribution in [0.4, 0.5) is 0 Å². The molecule has 1 amide bonds. The van der Waals surface area contributed by atoms with Crippen molar-refractivity contribution in [2.45, 2.75) is 45.0 Å². The first-order chi connectivity index (χ1) is 9.65. The third-order valence-electron chi connectivity index (χ3n) is 4.19. The van der Waals surface area contributed by atoms with E-state index in [1.54, 1.807) is 0 Å². The van der Waals surface area contributed by atoms with E-state index in [0.29, 0.717) is 6.54 Å². The summed E-state index contributed by atoms with van der Waals surface area (Å²) in [6.07, 6.45) is 2.32. The molecule has 2 fully saturated rings. The third-order valence-corrected chi connectivity index (χ3v) is 4.19. The zero-order chi connectivity index (χ0) is 14.1. The zero-order valence-electron chi connectivity index (χ0n) is 12.1. The number of aryl methyl sites for hydroxylation is 1. The quantitative estimate of drug-likeness (QED) is 0.916. The van der Waals surface area contributed by atoms with Gasteiger partial charge < -0.3 is 9.64 Å². The highest BCUT2D eigenvalue weighted by Crippen LogP contribution is 2.27. The molecule has 0 spiro atoms. The highest BCUT2D eigenvalue weighted by atomic mass is 16.5. The second-order valence-corrected chi connectivity index (χ2v) is 5.83. The number of hydrogen-bond donors (Lipinski definition) is 1. The second-order valence-electron chi connectivity index (χ2n) is 5.83. The first-order valence-electron chi connectivity index (χ1n) is 7.40. The van der Waals surface area contributed by atoms with Gasteiger partial charge in [-0.25, -0.2) is 0 Å². The van der Waals surface area contributed by atoms with E-state index >= 15 is 0 Å². The number of nitrogens with one attached hydrogen (secondary N) is 1. The molecule has 1 N–H and O–H groups in total. The number of amides is 1. The van der Waals surface area contributed by atoms with E-state index in [0.717, 1.165) is 25.0 Å². The Balaban J connectivity index is 1.79. The van der Waals surface area contributed by atoms with E-state index < -0.39 is 0 Å². The maximum atomic E-state index is 12.4. The Kier molecular flexibility index (Phi) is 3.76. The molecule has 0 radical (unpaired) electrons. The fourth-order valence-corrected chi connectivity index (χ4v) is 3.00. The Morgan fingerprint density at radius 3 is 2.75 bits per heavy atom. The first kappa shape index (κ1) is 13.6. The van der Waals surface area contributed by atoms with Gasteiger partial charge in [-0.3, -0.25) is 10.1 Å². The summed E-state index contributed by atoms with van der Waals surface area (Å²) in [4.78, 5) is 14.3. The molecule has 20 heavy (non-hydrogen) atoms. The summed E-state index contributed by atoms with van der Waals surface area (Å²) >= 11 is 0. The summed E-state index contributed by atoms with van der Waals surface area (Å²) < 4.78 is 5.68. The monoisotopic (exact) mass is 274 g/mol. The highest BCUT2D eigenvalue weighted by Gasteiger charge is 2.38. The molecule has 2 heterocycles. The van der Waals surface area contributed by atoms with Gasteiger partial charge in [-0.1, -0.05) is 29.8 Å². The Hall–Kier alpha value is -1.39. The number of carbonyl (C=O) groups excluding carboxylic acids is 1. The van der Waals surface area contributed by atoms with Crippen molar-refractivity contribution in [2.24, 2.45) is 0 Å². The average molecular weight is 274 g/mol. The average Bonchev–Trinajstić information content (AvgIpc) is 3.04. The molecule has 2 saturated heterocycles. The predicted molar refractivity (Wildman–Crippen MR) is 77.2 cm³/mol. The molecule has 3 atom stereocenters. The first-order valence-corrected chi connectivity index (χ1v) is 7.40. The van der Waals surface area contributed by atoms with Gasteiger partial charge in [0.2, 0.25) is 5.91 Å². The minimum atomic E-state index is -0.122. The van der Waals surface area contributed by atoms with Crippen LogP contribution < -0.4 is 5.32 Å². The van der Waals surface area contributed by atoms with Gasteiger partial charge in [-0.15, -0.1) is 0 Å². The number of ether oxygens (including phenoxy) is 1. The van der Waals surface area contributed by atoms with E-state index in [4.69, 9.17) is 4.74 Å². The molecular weight excluding hydrogens is 252 g/mol. The minimum absolute atomic E-state index is 0.0256. The zero-order valence-corrected chi connectivity index (χ0v) is 12.1. The molecule has 3 unspecified atom stereocenters. The highest BCUT2D eigenvalue weighted by molar-refractivity contribution is 5.84. The van der Waals surface area contributed by atoms with E-state index in [1.807, 2.05) is 11.8 Å². The van der Waals surface area contributed by atoms with Crippen molar-refractivity contribution in [1.82, 2.24) is 10.2 Å². The lowest BCUT2D eigenvalue weighted by atomic mass is 10.1. The smallest absolute Gasteiger partial charge is 0.241 e. The Morgan fingerprint density at radius 2 is 2.10 bits per heavy atom. The normalized spacial score (nSPS) is 30.2. The largest absolute Gasteiger partial charge is 0.376 e. The number of nitrogens with zero attached hydrogens (tertiary/aromatic N) is 1. The summed E-state index contributed by atoms with van der Waals surface area (Å²) in [6.45, 7) is 5.52. The number of carbonyl (C=O) groups is 1. The maximum absolute atomic E-state index is 12.4. The molecule has 108 valence electrons. The van der Waals surface area contributed by atoms with Crippen molar-refractivity contribution in [2.75, 3.05) is 13.2 Å². The van der Waals surface area contributed by atoms with E-state index in [9.17, 15) is 4.79 Å². The van der Waals surface area contributed by atoms with Crippen LogP contribution >= 0.6 is 0 Å². The standard InChI is InChI=1S/C16H22N2O2/c1-11-5-7-13(8-6-11)15-17-12(2)16(19)18(15)10-14-4-3-9-20-14/h5-8,12,14-15,17H,3-4,9-10H2,1-2H3. The van der Waals surface area contributed by atoms with Gasteiger partial charge in [-0.2, -0.15) is 0 Å². The van der Waals surface area contributed by atoms with Crippen LogP contribution in [0.1, 0.15) is 37.1 Å². The van der Waals surface area contributed by atoms with Gasteiger partial charge >= 0.3 is 0 Å². The van der Waals surface area contributed by atoms with Gasteiger partial charge in [0.05, 0.1) is 12.1 Å². The lowest BCUT2D eigenvalue weighted by Crippen LogP contribution is -2.37. The fourth-order valence-electron chi connectivity index (χ4n) is 3.00. The molecule has 1 aromatic carbocycles. The van der Waals surface area contributed by atoms with Gasteiger partial charge in [0.25, 0.3) is 0 Å². The second kappa shape index (κ2) is 5.54. The van der Waals surface area contributed by atoms with Crippen molar-refractivity contribution >= 4 is 5.91 Å². The molecule has 0 bridgehead atoms. The van der Waals surface area contributed by atoms with Crippen molar-refractivity contribution in [3.63, 3.8) is 0 Å². The number of hydrogen-bond acceptors (Lipinski definition) is 3. The molecule has 2 aliphatic rings. The van der Waals surface area contributed by atoms with Gasteiger partial charge in [0.15, 0.2) is 0 Å². The van der Waals surface area contributed by atoms with Crippen LogP contribution in [0, 0.1) is 6.92 Å². The topological polar surface area (TPSA) is 41.6 Å². The minimum Gasteiger partial charge on any atom is -0.376 e. The van der Waals surface area contributed by atoms with Gasteiger partial charge in [-0.05, 0) is 32.3 Å². The predicted octanol–water partition coefficient (Wildman–Crippen LogP) is 1.99. The molecule has 0 saturated carbocycles. The molecule has 2 aliphatic heterocycles. The van der Waals surface area contributed by atoms with Crippen LogP contribution in [0.15, 0.2) is 24.3 Å². The summed E-state index contributed by atoms with van der Waals surface area (Å²) in [5, 5.41) is 3.38. The van der Waals surface area contributed by atoms with Gasteiger partial charge in [0.1, 0.15) is 6.17 Å². The van der Waals surface area contributed by atoms with Crippen LogP contribution in [-0.4, -0.2) is 36.1 Å².